The summed E-state index contributed by atoms with van der Waals surface area (Å²) in [7, 11) is 1.99. The minimum atomic E-state index is -0.654. The van der Waals surface area contributed by atoms with E-state index in [9.17, 15) is 4.79 Å². The molecule has 2 heterocycles. The summed E-state index contributed by atoms with van der Waals surface area (Å²) in [6.07, 6.45) is 0.798. The predicted octanol–water partition coefficient (Wildman–Crippen LogP) is 1.19. The van der Waals surface area contributed by atoms with Crippen molar-refractivity contribution in [2.45, 2.75) is 18.1 Å². The number of likely N-dealkylation sites (N-methyl/N-ethyl adjacent to an activating group) is 1. The Labute approximate surface area is 95.0 Å². The van der Waals surface area contributed by atoms with Crippen LogP contribution < -0.4 is 0 Å². The number of Topliss-reactive ketones (excluding diaryl/α,β-unsaturated/α-hetero) is 1. The minimum absolute atomic E-state index is 0.190. The van der Waals surface area contributed by atoms with E-state index < -0.39 is 5.60 Å². The van der Waals surface area contributed by atoms with E-state index >= 15 is 0 Å². The van der Waals surface area contributed by atoms with E-state index in [2.05, 4.69) is 4.90 Å². The largest absolute Gasteiger partial charge is 0.361 e. The Hall–Kier alpha value is -1.19. The lowest BCUT2D eigenvalue weighted by Gasteiger charge is -2.34. The van der Waals surface area contributed by atoms with Crippen molar-refractivity contribution in [2.24, 2.45) is 0 Å². The quantitative estimate of drug-likeness (QED) is 0.707. The second kappa shape index (κ2) is 3.40. The van der Waals surface area contributed by atoms with Crippen molar-refractivity contribution in [2.75, 3.05) is 20.2 Å². The maximum Gasteiger partial charge on any atom is 0.183 e. The first-order valence-electron chi connectivity index (χ1n) is 5.65. The van der Waals surface area contributed by atoms with Crippen LogP contribution in [-0.2, 0) is 15.1 Å². The van der Waals surface area contributed by atoms with Crippen LogP contribution in [0, 0.1) is 0 Å². The van der Waals surface area contributed by atoms with Crippen LogP contribution in [0.15, 0.2) is 30.3 Å². The average molecular weight is 217 g/mol. The number of hydrogen-bond donors (Lipinski definition) is 0. The molecule has 3 nitrogen and oxygen atoms in total. The topological polar surface area (TPSA) is 29.5 Å². The fraction of sp³-hybridized carbons (Fsp3) is 0.462. The summed E-state index contributed by atoms with van der Waals surface area (Å²) in [6.45, 7) is 1.16. The lowest BCUT2D eigenvalue weighted by molar-refractivity contribution is -0.141. The summed E-state index contributed by atoms with van der Waals surface area (Å²) < 4.78 is 5.84. The van der Waals surface area contributed by atoms with Crippen LogP contribution in [0.3, 0.4) is 0 Å². The zero-order valence-corrected chi connectivity index (χ0v) is 9.35. The SMILES string of the molecule is CN1CC(=O)C2(c3ccccc3)CC1CO2. The molecule has 0 aromatic heterocycles. The minimum Gasteiger partial charge on any atom is -0.361 e. The molecule has 0 spiro atoms. The van der Waals surface area contributed by atoms with E-state index in [0.717, 1.165) is 12.0 Å². The number of carbonyl (C=O) groups is 1. The molecule has 2 atom stereocenters. The zero-order chi connectivity index (χ0) is 11.2. The molecule has 84 valence electrons. The first-order valence-corrected chi connectivity index (χ1v) is 5.65. The number of ketones is 1. The Morgan fingerprint density at radius 1 is 1.38 bits per heavy atom. The highest BCUT2D eigenvalue weighted by Crippen LogP contribution is 2.41. The van der Waals surface area contributed by atoms with Gasteiger partial charge in [-0.05, 0) is 12.6 Å². The van der Waals surface area contributed by atoms with Gasteiger partial charge in [-0.2, -0.15) is 0 Å². The van der Waals surface area contributed by atoms with Crippen molar-refractivity contribution >= 4 is 5.78 Å². The second-order valence-corrected chi connectivity index (χ2v) is 4.70. The summed E-state index contributed by atoms with van der Waals surface area (Å²) in [5, 5.41) is 0. The predicted molar refractivity (Wildman–Crippen MR) is 60.1 cm³/mol. The van der Waals surface area contributed by atoms with Gasteiger partial charge >= 0.3 is 0 Å². The Morgan fingerprint density at radius 2 is 2.12 bits per heavy atom. The summed E-state index contributed by atoms with van der Waals surface area (Å²) in [5.74, 6) is 0.190. The van der Waals surface area contributed by atoms with E-state index in [0.29, 0.717) is 19.2 Å². The van der Waals surface area contributed by atoms with Crippen molar-refractivity contribution in [1.29, 1.82) is 0 Å². The molecule has 0 amide bonds. The van der Waals surface area contributed by atoms with Crippen LogP contribution in [0.25, 0.3) is 0 Å². The molecule has 0 saturated carbocycles. The Morgan fingerprint density at radius 3 is 2.88 bits per heavy atom. The van der Waals surface area contributed by atoms with Crippen LogP contribution in [0.2, 0.25) is 0 Å². The van der Waals surface area contributed by atoms with E-state index in [-0.39, 0.29) is 5.78 Å². The van der Waals surface area contributed by atoms with Crippen molar-refractivity contribution in [1.82, 2.24) is 4.90 Å². The molecule has 0 radical (unpaired) electrons. The van der Waals surface area contributed by atoms with Gasteiger partial charge in [-0.15, -0.1) is 0 Å². The highest BCUT2D eigenvalue weighted by atomic mass is 16.5. The summed E-state index contributed by atoms with van der Waals surface area (Å²) >= 11 is 0. The Kier molecular flexibility index (Phi) is 2.13. The van der Waals surface area contributed by atoms with Gasteiger partial charge in [-0.3, -0.25) is 9.69 Å². The van der Waals surface area contributed by atoms with Gasteiger partial charge in [0.15, 0.2) is 11.4 Å². The van der Waals surface area contributed by atoms with E-state index in [4.69, 9.17) is 4.74 Å². The normalized spacial score (nSPS) is 34.3. The summed E-state index contributed by atoms with van der Waals surface area (Å²) in [5.41, 5.74) is 0.355. The number of ether oxygens (including phenoxy) is 1. The third-order valence-corrected chi connectivity index (χ3v) is 3.75. The molecule has 0 aliphatic carbocycles. The van der Waals surface area contributed by atoms with Gasteiger partial charge in [0.05, 0.1) is 13.2 Å². The van der Waals surface area contributed by atoms with E-state index in [1.807, 2.05) is 37.4 Å². The molecule has 3 heteroatoms. The molecular formula is C13H15NO2. The third-order valence-electron chi connectivity index (χ3n) is 3.75. The van der Waals surface area contributed by atoms with Gasteiger partial charge < -0.3 is 4.74 Å². The smallest absolute Gasteiger partial charge is 0.183 e. The Balaban J connectivity index is 2.03. The highest BCUT2D eigenvalue weighted by Gasteiger charge is 2.52. The molecule has 2 fully saturated rings. The van der Waals surface area contributed by atoms with E-state index in [1.165, 1.54) is 0 Å². The van der Waals surface area contributed by atoms with Crippen LogP contribution in [-0.4, -0.2) is 36.9 Å². The second-order valence-electron chi connectivity index (χ2n) is 4.70. The molecule has 1 aromatic carbocycles. The molecule has 16 heavy (non-hydrogen) atoms. The lowest BCUT2D eigenvalue weighted by Crippen LogP contribution is -2.49. The number of likely N-dealkylation sites (tertiary alicyclic amines) is 1. The fourth-order valence-electron chi connectivity index (χ4n) is 2.72. The first kappa shape index (κ1) is 10.00. The molecule has 2 saturated heterocycles. The number of benzene rings is 1. The van der Waals surface area contributed by atoms with Gasteiger partial charge in [0, 0.05) is 12.5 Å². The van der Waals surface area contributed by atoms with Crippen LogP contribution in [0.4, 0.5) is 0 Å². The van der Waals surface area contributed by atoms with Crippen molar-refractivity contribution < 1.29 is 9.53 Å². The molecule has 2 unspecified atom stereocenters. The molecule has 2 aliphatic rings. The number of fused-ring (bicyclic) bond motifs is 2. The van der Waals surface area contributed by atoms with Crippen molar-refractivity contribution in [3.63, 3.8) is 0 Å². The van der Waals surface area contributed by atoms with Crippen LogP contribution in [0.1, 0.15) is 12.0 Å². The third kappa shape index (κ3) is 1.25. The zero-order valence-electron chi connectivity index (χ0n) is 9.35. The van der Waals surface area contributed by atoms with Crippen LogP contribution in [0.5, 0.6) is 0 Å². The maximum absolute atomic E-state index is 12.2. The molecule has 0 N–H and O–H groups in total. The first-order chi connectivity index (χ1) is 7.72. The van der Waals surface area contributed by atoms with Crippen molar-refractivity contribution in [3.8, 4) is 0 Å². The van der Waals surface area contributed by atoms with E-state index in [1.54, 1.807) is 0 Å². The molecule has 1 aromatic rings. The number of carbonyl (C=O) groups excluding carboxylic acids is 1. The monoisotopic (exact) mass is 217 g/mol. The number of hydrogen-bond acceptors (Lipinski definition) is 3. The van der Waals surface area contributed by atoms with Crippen LogP contribution >= 0.6 is 0 Å². The molecule has 3 rings (SSSR count). The highest BCUT2D eigenvalue weighted by molar-refractivity contribution is 5.91. The maximum atomic E-state index is 12.2. The van der Waals surface area contributed by atoms with Gasteiger partial charge in [0.25, 0.3) is 0 Å². The summed E-state index contributed by atoms with van der Waals surface area (Å²) in [6, 6.07) is 10.3. The van der Waals surface area contributed by atoms with Gasteiger partial charge in [0.1, 0.15) is 0 Å². The van der Waals surface area contributed by atoms with Gasteiger partial charge in [-0.25, -0.2) is 0 Å². The molecular weight excluding hydrogens is 202 g/mol. The van der Waals surface area contributed by atoms with Gasteiger partial charge in [-0.1, -0.05) is 30.3 Å². The lowest BCUT2D eigenvalue weighted by atomic mass is 9.82. The number of nitrogens with zero attached hydrogens (tertiary/aromatic N) is 1. The number of rotatable bonds is 1. The Bertz CT molecular complexity index is 417. The number of piperidine rings is 1. The fourth-order valence-corrected chi connectivity index (χ4v) is 2.72. The molecule has 2 aliphatic heterocycles. The summed E-state index contributed by atoms with van der Waals surface area (Å²) in [4.78, 5) is 14.3. The average Bonchev–Trinajstić information content (AvgIpc) is 2.71. The van der Waals surface area contributed by atoms with Gasteiger partial charge in [0.2, 0.25) is 0 Å². The van der Waals surface area contributed by atoms with Crippen molar-refractivity contribution in [3.05, 3.63) is 35.9 Å². The molecule has 2 bridgehead atoms. The standard InChI is InChI=1S/C13H15NO2/c1-14-8-12(15)13(7-11(14)9-16-13)10-5-3-2-4-6-10/h2-6,11H,7-9H2,1H3.